The Morgan fingerprint density at radius 2 is 2.11 bits per heavy atom. The number of nitrogens with zero attached hydrogens (tertiary/aromatic N) is 2. The third kappa shape index (κ3) is 4.55. The van der Waals surface area contributed by atoms with Gasteiger partial charge in [-0.15, -0.1) is 11.3 Å². The molecule has 2 heterocycles. The minimum atomic E-state index is -3.92. The highest BCUT2D eigenvalue weighted by Gasteiger charge is 2.36. The highest BCUT2D eigenvalue weighted by atomic mass is 35.5. The van der Waals surface area contributed by atoms with E-state index in [0.717, 1.165) is 28.5 Å². The van der Waals surface area contributed by atoms with Gasteiger partial charge in [0.25, 0.3) is 5.69 Å². The summed E-state index contributed by atoms with van der Waals surface area (Å²) in [5.74, 6) is -1.57. The van der Waals surface area contributed by atoms with E-state index in [0.29, 0.717) is 9.21 Å². The number of anilines is 1. The van der Waals surface area contributed by atoms with Crippen LogP contribution in [0.5, 0.6) is 0 Å². The number of carbonyl (C=O) groups is 1. The molecule has 0 unspecified atom stereocenters. The van der Waals surface area contributed by atoms with Crippen molar-refractivity contribution in [1.82, 2.24) is 4.72 Å². The Labute approximate surface area is 168 Å². The second-order valence-corrected chi connectivity index (χ2v) is 9.18. The summed E-state index contributed by atoms with van der Waals surface area (Å²) in [4.78, 5) is 24.1. The molecule has 3 rings (SSSR count). The number of amides is 1. The van der Waals surface area contributed by atoms with Crippen LogP contribution in [0.4, 0.5) is 15.8 Å². The Bertz CT molecular complexity index is 1070. The average Bonchev–Trinajstić information content (AvgIpc) is 3.19. The topological polar surface area (TPSA) is 110 Å². The zero-order chi connectivity index (χ0) is 20.5. The van der Waals surface area contributed by atoms with E-state index in [1.807, 2.05) is 0 Å². The van der Waals surface area contributed by atoms with Crippen LogP contribution < -0.4 is 9.62 Å². The van der Waals surface area contributed by atoms with Gasteiger partial charge in [-0.25, -0.2) is 12.8 Å². The third-order valence-electron chi connectivity index (χ3n) is 3.95. The van der Waals surface area contributed by atoms with Gasteiger partial charge in [-0.05, 0) is 30.7 Å². The molecule has 0 spiro atoms. The first kappa shape index (κ1) is 20.4. The lowest BCUT2D eigenvalue weighted by molar-refractivity contribution is -0.385. The van der Waals surface area contributed by atoms with Crippen molar-refractivity contribution in [3.05, 3.63) is 60.9 Å². The van der Waals surface area contributed by atoms with Gasteiger partial charge in [0.05, 0.1) is 21.0 Å². The molecule has 2 aromatic rings. The molecule has 12 heteroatoms. The van der Waals surface area contributed by atoms with Crippen LogP contribution in [0.2, 0.25) is 4.34 Å². The maximum Gasteiger partial charge on any atom is 0.272 e. The maximum atomic E-state index is 14.2. The number of hydrogen-bond donors (Lipinski definition) is 1. The van der Waals surface area contributed by atoms with Crippen molar-refractivity contribution in [2.75, 3.05) is 11.4 Å². The van der Waals surface area contributed by atoms with Gasteiger partial charge in [0.1, 0.15) is 6.04 Å². The average molecular weight is 446 g/mol. The molecule has 1 saturated heterocycles. The second-order valence-electron chi connectivity index (χ2n) is 5.83. The first-order valence-corrected chi connectivity index (χ1v) is 10.6. The fourth-order valence-corrected chi connectivity index (χ4v) is 4.74. The van der Waals surface area contributed by atoms with E-state index in [4.69, 9.17) is 11.6 Å². The quantitative estimate of drug-likeness (QED) is 0.542. The van der Waals surface area contributed by atoms with Crippen LogP contribution >= 0.6 is 22.9 Å². The number of rotatable bonds is 6. The van der Waals surface area contributed by atoms with Crippen molar-refractivity contribution in [2.24, 2.45) is 0 Å². The van der Waals surface area contributed by atoms with Crippen LogP contribution in [0, 0.1) is 15.9 Å². The number of nitrogens with one attached hydrogen (secondary N) is 1. The number of benzene rings is 1. The molecule has 0 radical (unpaired) electrons. The van der Waals surface area contributed by atoms with Gasteiger partial charge in [-0.3, -0.25) is 14.9 Å². The predicted molar refractivity (Wildman–Crippen MR) is 104 cm³/mol. The second kappa shape index (κ2) is 7.95. The molecular weight excluding hydrogens is 433 g/mol. The molecule has 1 N–H and O–H groups in total. The number of thiophene rings is 1. The van der Waals surface area contributed by atoms with Crippen molar-refractivity contribution in [3.8, 4) is 0 Å². The summed E-state index contributed by atoms with van der Waals surface area (Å²) in [6, 6.07) is 5.15. The smallest absolute Gasteiger partial charge is 0.272 e. The summed E-state index contributed by atoms with van der Waals surface area (Å²) in [5, 5.41) is 11.6. The van der Waals surface area contributed by atoms with Crippen molar-refractivity contribution in [3.63, 3.8) is 0 Å². The lowest BCUT2D eigenvalue weighted by atomic mass is 10.2. The van der Waals surface area contributed by atoms with Crippen LogP contribution in [0.15, 0.2) is 35.7 Å². The summed E-state index contributed by atoms with van der Waals surface area (Å²) < 4.78 is 41.3. The molecule has 0 saturated carbocycles. The fraction of sp³-hybridized carbons (Fsp3) is 0.188. The zero-order valence-corrected chi connectivity index (χ0v) is 16.4. The summed E-state index contributed by atoms with van der Waals surface area (Å²) in [5.41, 5.74) is -0.579. The van der Waals surface area contributed by atoms with Gasteiger partial charge in [0.15, 0.2) is 5.82 Å². The van der Waals surface area contributed by atoms with Crippen LogP contribution in [0.25, 0.3) is 6.08 Å². The number of non-ortho nitro benzene ring substituents is 1. The molecule has 28 heavy (non-hydrogen) atoms. The Morgan fingerprint density at radius 1 is 1.36 bits per heavy atom. The van der Waals surface area contributed by atoms with E-state index in [1.165, 1.54) is 17.4 Å². The van der Waals surface area contributed by atoms with Crippen LogP contribution in [0.1, 0.15) is 11.3 Å². The lowest BCUT2D eigenvalue weighted by Gasteiger charge is -2.17. The molecule has 1 aromatic carbocycles. The van der Waals surface area contributed by atoms with Gasteiger partial charge < -0.3 is 4.90 Å². The minimum absolute atomic E-state index is 0.0744. The Morgan fingerprint density at radius 3 is 2.71 bits per heavy atom. The first-order valence-electron chi connectivity index (χ1n) is 7.87. The number of nitro groups is 1. The Balaban J connectivity index is 1.71. The maximum absolute atomic E-state index is 14.2. The molecular formula is C16H13ClFN3O5S2. The highest BCUT2D eigenvalue weighted by molar-refractivity contribution is 7.92. The number of halogens is 2. The zero-order valence-electron chi connectivity index (χ0n) is 14.0. The number of sulfonamides is 1. The van der Waals surface area contributed by atoms with Crippen molar-refractivity contribution >= 4 is 56.3 Å². The van der Waals surface area contributed by atoms with Crippen molar-refractivity contribution in [2.45, 2.75) is 12.5 Å². The normalized spacial score (nSPS) is 17.6. The van der Waals surface area contributed by atoms with Gasteiger partial charge in [-0.1, -0.05) is 11.6 Å². The van der Waals surface area contributed by atoms with Crippen LogP contribution in [0.3, 0.4) is 0 Å². The minimum Gasteiger partial charge on any atom is -0.308 e. The SMILES string of the molecule is O=C1[C@@H](NS(=O)(=O)/C=C/c2ccc(Cl)s2)CCN1c1ccc([N+](=O)[O-])cc1F. The summed E-state index contributed by atoms with van der Waals surface area (Å²) in [6.45, 7) is 0.0744. The van der Waals surface area contributed by atoms with Crippen LogP contribution in [-0.4, -0.2) is 31.8 Å². The third-order valence-corrected chi connectivity index (χ3v) is 6.25. The molecule has 1 atom stereocenters. The summed E-state index contributed by atoms with van der Waals surface area (Å²) in [7, 11) is -3.92. The van der Waals surface area contributed by atoms with E-state index in [2.05, 4.69) is 4.72 Å². The molecule has 1 amide bonds. The molecule has 1 fully saturated rings. The molecule has 1 aliphatic rings. The molecule has 8 nitrogen and oxygen atoms in total. The van der Waals surface area contributed by atoms with E-state index >= 15 is 0 Å². The molecule has 0 aliphatic carbocycles. The Kier molecular flexibility index (Phi) is 5.79. The first-order chi connectivity index (χ1) is 13.2. The Hall–Kier alpha value is -2.34. The van der Waals surface area contributed by atoms with Crippen LogP contribution in [-0.2, 0) is 14.8 Å². The summed E-state index contributed by atoms with van der Waals surface area (Å²) in [6.07, 6.45) is 1.49. The van der Waals surface area contributed by atoms with Crippen molar-refractivity contribution in [1.29, 1.82) is 0 Å². The fourth-order valence-electron chi connectivity index (χ4n) is 2.67. The largest absolute Gasteiger partial charge is 0.308 e. The lowest BCUT2D eigenvalue weighted by Crippen LogP contribution is -2.40. The van der Waals surface area contributed by atoms with E-state index in [1.54, 1.807) is 12.1 Å². The molecule has 1 aromatic heterocycles. The van der Waals surface area contributed by atoms with E-state index < -0.39 is 38.4 Å². The number of nitro benzene ring substituents is 1. The summed E-state index contributed by atoms with van der Waals surface area (Å²) >= 11 is 6.98. The van der Waals surface area contributed by atoms with E-state index in [9.17, 15) is 27.7 Å². The predicted octanol–water partition coefficient (Wildman–Crippen LogP) is 3.14. The van der Waals surface area contributed by atoms with Gasteiger partial charge in [0.2, 0.25) is 15.9 Å². The van der Waals surface area contributed by atoms with Gasteiger partial charge in [0, 0.05) is 22.9 Å². The monoisotopic (exact) mass is 445 g/mol. The van der Waals surface area contributed by atoms with Gasteiger partial charge in [-0.2, -0.15) is 4.72 Å². The van der Waals surface area contributed by atoms with Gasteiger partial charge >= 0.3 is 0 Å². The van der Waals surface area contributed by atoms with Crippen molar-refractivity contribution < 1.29 is 22.5 Å². The molecule has 0 bridgehead atoms. The van der Waals surface area contributed by atoms with E-state index in [-0.39, 0.29) is 18.7 Å². The molecule has 148 valence electrons. The standard InChI is InChI=1S/C16H13ClFN3O5S2/c17-15-4-2-11(27-15)6-8-28(25,26)19-13-5-7-20(16(13)22)14-3-1-10(21(23)24)9-12(14)18/h1-4,6,8-9,13,19H,5,7H2/b8-6+/t13-/m0/s1. The number of carbonyl (C=O) groups excluding carboxylic acids is 1. The number of hydrogen-bond acceptors (Lipinski definition) is 6. The highest BCUT2D eigenvalue weighted by Crippen LogP contribution is 2.28. The molecule has 1 aliphatic heterocycles.